The predicted molar refractivity (Wildman–Crippen MR) is 52.5 cm³/mol. The highest BCUT2D eigenvalue weighted by Gasteiger charge is 2.25. The number of morpholine rings is 1. The van der Waals surface area contributed by atoms with Crippen molar-refractivity contribution in [2.24, 2.45) is 5.84 Å². The molecule has 1 unspecified atom stereocenters. The van der Waals surface area contributed by atoms with Crippen molar-refractivity contribution in [3.05, 3.63) is 0 Å². The topological polar surface area (TPSA) is 68.8 Å². The predicted octanol–water partition coefficient (Wildman–Crippen LogP) is -1.94. The Bertz CT molecular complexity index is 188. The van der Waals surface area contributed by atoms with Crippen molar-refractivity contribution >= 4 is 5.91 Å². The minimum Gasteiger partial charge on any atom is -0.364 e. The molecule has 0 spiro atoms. The zero-order chi connectivity index (χ0) is 10.6. The number of hydrazine groups is 1. The number of quaternary nitrogens is 1. The molecule has 0 aromatic carbocycles. The molecule has 0 saturated carbocycles. The largest absolute Gasteiger partial charge is 0.364 e. The first-order valence-electron chi connectivity index (χ1n) is 5.10. The number of hydrogen-bond donors (Lipinski definition) is 3. The summed E-state index contributed by atoms with van der Waals surface area (Å²) in [6.45, 7) is 6.92. The maximum absolute atomic E-state index is 10.9. The molecule has 1 aliphatic heterocycles. The lowest BCUT2D eigenvalue weighted by molar-refractivity contribution is -0.914. The summed E-state index contributed by atoms with van der Waals surface area (Å²) in [5.74, 6) is 4.92. The molecular formula is C9H20N3O2+. The van der Waals surface area contributed by atoms with Gasteiger partial charge in [-0.15, -0.1) is 0 Å². The van der Waals surface area contributed by atoms with Gasteiger partial charge in [0.15, 0.2) is 0 Å². The van der Waals surface area contributed by atoms with Crippen LogP contribution in [0, 0.1) is 0 Å². The molecule has 1 aliphatic rings. The van der Waals surface area contributed by atoms with E-state index in [1.165, 1.54) is 4.90 Å². The van der Waals surface area contributed by atoms with E-state index in [9.17, 15) is 4.79 Å². The van der Waals surface area contributed by atoms with Gasteiger partial charge in [-0.1, -0.05) is 0 Å². The molecule has 5 heteroatoms. The number of carbonyl (C=O) groups excluding carboxylic acids is 1. The van der Waals surface area contributed by atoms with Crippen molar-refractivity contribution in [3.63, 3.8) is 0 Å². The Labute approximate surface area is 84.5 Å². The summed E-state index contributed by atoms with van der Waals surface area (Å²) in [5, 5.41) is 0. The summed E-state index contributed by atoms with van der Waals surface area (Å²) in [4.78, 5) is 12.4. The first-order chi connectivity index (χ1) is 6.61. The highest BCUT2D eigenvalue weighted by atomic mass is 16.5. The van der Waals surface area contributed by atoms with Gasteiger partial charge in [0.05, 0.1) is 13.0 Å². The standard InChI is InChI=1S/C9H19N3O2/c1-7-5-12(6-8(2)14-7)4-3-9(13)11-10/h7-8H,3-6,10H2,1-2H3,(H,11,13)/p+1/t7-,8+. The molecule has 1 rings (SSSR count). The lowest BCUT2D eigenvalue weighted by Gasteiger charge is -2.32. The monoisotopic (exact) mass is 202 g/mol. The fourth-order valence-corrected chi connectivity index (χ4v) is 1.96. The number of nitrogens with two attached hydrogens (primary N) is 1. The Balaban J connectivity index is 2.26. The molecule has 3 atom stereocenters. The van der Waals surface area contributed by atoms with Crippen molar-refractivity contribution in [2.45, 2.75) is 32.5 Å². The number of amides is 1. The molecule has 0 radical (unpaired) electrons. The zero-order valence-corrected chi connectivity index (χ0v) is 8.88. The van der Waals surface area contributed by atoms with E-state index >= 15 is 0 Å². The lowest BCUT2D eigenvalue weighted by atomic mass is 10.2. The van der Waals surface area contributed by atoms with E-state index < -0.39 is 0 Å². The van der Waals surface area contributed by atoms with Crippen LogP contribution in [-0.2, 0) is 9.53 Å². The van der Waals surface area contributed by atoms with Crippen molar-refractivity contribution < 1.29 is 14.4 Å². The molecule has 0 aliphatic carbocycles. The maximum Gasteiger partial charge on any atom is 0.239 e. The van der Waals surface area contributed by atoms with Crippen LogP contribution in [0.1, 0.15) is 20.3 Å². The Morgan fingerprint density at radius 1 is 1.50 bits per heavy atom. The van der Waals surface area contributed by atoms with Gasteiger partial charge in [-0.2, -0.15) is 0 Å². The lowest BCUT2D eigenvalue weighted by Crippen LogP contribution is -3.15. The molecule has 82 valence electrons. The number of carbonyl (C=O) groups is 1. The van der Waals surface area contributed by atoms with E-state index in [0.717, 1.165) is 19.6 Å². The molecule has 14 heavy (non-hydrogen) atoms. The van der Waals surface area contributed by atoms with Crippen molar-refractivity contribution in [1.29, 1.82) is 0 Å². The van der Waals surface area contributed by atoms with Crippen molar-refractivity contribution in [1.82, 2.24) is 5.43 Å². The second kappa shape index (κ2) is 5.29. The molecule has 0 aromatic heterocycles. The van der Waals surface area contributed by atoms with Gasteiger partial charge in [-0.3, -0.25) is 10.2 Å². The van der Waals surface area contributed by atoms with Crippen LogP contribution in [0.2, 0.25) is 0 Å². The maximum atomic E-state index is 10.9. The molecule has 1 amide bonds. The van der Waals surface area contributed by atoms with Crippen LogP contribution in [0.15, 0.2) is 0 Å². The summed E-state index contributed by atoms with van der Waals surface area (Å²) in [6, 6.07) is 0. The van der Waals surface area contributed by atoms with Gasteiger partial charge in [0, 0.05) is 0 Å². The van der Waals surface area contributed by atoms with Gasteiger partial charge in [0.1, 0.15) is 25.3 Å². The van der Waals surface area contributed by atoms with Crippen molar-refractivity contribution in [3.8, 4) is 0 Å². The third kappa shape index (κ3) is 3.61. The van der Waals surface area contributed by atoms with E-state index in [1.807, 2.05) is 0 Å². The second-order valence-electron chi connectivity index (χ2n) is 3.98. The Hall–Kier alpha value is -0.650. The molecule has 4 N–H and O–H groups in total. The minimum atomic E-state index is -0.0932. The van der Waals surface area contributed by atoms with E-state index in [4.69, 9.17) is 10.6 Å². The summed E-state index contributed by atoms with van der Waals surface area (Å²) in [7, 11) is 0. The Kier molecular flexibility index (Phi) is 4.31. The van der Waals surface area contributed by atoms with E-state index in [2.05, 4.69) is 19.3 Å². The average molecular weight is 202 g/mol. The average Bonchev–Trinajstić information content (AvgIpc) is 2.12. The summed E-state index contributed by atoms with van der Waals surface area (Å²) in [5.41, 5.74) is 2.14. The normalized spacial score (nSPS) is 32.6. The van der Waals surface area contributed by atoms with E-state index in [1.54, 1.807) is 0 Å². The van der Waals surface area contributed by atoms with Crippen LogP contribution in [-0.4, -0.2) is 37.7 Å². The third-order valence-corrected chi connectivity index (χ3v) is 2.48. The first kappa shape index (κ1) is 11.4. The molecule has 1 heterocycles. The fraction of sp³-hybridized carbons (Fsp3) is 0.889. The van der Waals surface area contributed by atoms with Crippen LogP contribution in [0.5, 0.6) is 0 Å². The number of hydrogen-bond acceptors (Lipinski definition) is 3. The Morgan fingerprint density at radius 3 is 2.57 bits per heavy atom. The minimum absolute atomic E-state index is 0.0932. The van der Waals surface area contributed by atoms with Gasteiger partial charge >= 0.3 is 0 Å². The van der Waals surface area contributed by atoms with Crippen LogP contribution >= 0.6 is 0 Å². The fourth-order valence-electron chi connectivity index (χ4n) is 1.96. The zero-order valence-electron chi connectivity index (χ0n) is 8.88. The van der Waals surface area contributed by atoms with Gasteiger partial charge in [-0.05, 0) is 13.8 Å². The molecule has 5 nitrogen and oxygen atoms in total. The first-order valence-corrected chi connectivity index (χ1v) is 5.10. The Morgan fingerprint density at radius 2 is 2.07 bits per heavy atom. The van der Waals surface area contributed by atoms with Gasteiger partial charge < -0.3 is 9.64 Å². The molecule has 0 bridgehead atoms. The van der Waals surface area contributed by atoms with Crippen LogP contribution in [0.25, 0.3) is 0 Å². The summed E-state index contributed by atoms with van der Waals surface area (Å²) in [6.07, 6.45) is 1.06. The smallest absolute Gasteiger partial charge is 0.239 e. The quantitative estimate of drug-likeness (QED) is 0.283. The van der Waals surface area contributed by atoms with Gasteiger partial charge in [0.2, 0.25) is 5.91 Å². The summed E-state index contributed by atoms with van der Waals surface area (Å²) < 4.78 is 5.60. The molecular weight excluding hydrogens is 182 g/mol. The molecule has 1 saturated heterocycles. The van der Waals surface area contributed by atoms with E-state index in [-0.39, 0.29) is 18.1 Å². The SMILES string of the molecule is C[C@@H]1C[NH+](CCC(=O)NN)C[C@H](C)O1. The van der Waals surface area contributed by atoms with Crippen LogP contribution in [0.4, 0.5) is 0 Å². The number of ether oxygens (including phenoxy) is 1. The van der Waals surface area contributed by atoms with Crippen LogP contribution in [0.3, 0.4) is 0 Å². The van der Waals surface area contributed by atoms with Crippen LogP contribution < -0.4 is 16.2 Å². The van der Waals surface area contributed by atoms with Gasteiger partial charge in [-0.25, -0.2) is 5.84 Å². The third-order valence-electron chi connectivity index (χ3n) is 2.48. The second-order valence-corrected chi connectivity index (χ2v) is 3.98. The van der Waals surface area contributed by atoms with Crippen molar-refractivity contribution in [2.75, 3.05) is 19.6 Å². The molecule has 1 fully saturated rings. The summed E-state index contributed by atoms with van der Waals surface area (Å²) >= 11 is 0. The van der Waals surface area contributed by atoms with Gasteiger partial charge in [0.25, 0.3) is 0 Å². The van der Waals surface area contributed by atoms with E-state index in [0.29, 0.717) is 6.42 Å². The highest BCUT2D eigenvalue weighted by molar-refractivity contribution is 5.75. The number of rotatable bonds is 3. The number of nitrogens with one attached hydrogen (secondary N) is 2. The highest BCUT2D eigenvalue weighted by Crippen LogP contribution is 1.98. The molecule has 0 aromatic rings.